The first-order valence-corrected chi connectivity index (χ1v) is 5.98. The fraction of sp³-hybridized carbons (Fsp3) is 0.833. The summed E-state index contributed by atoms with van der Waals surface area (Å²) in [6.07, 6.45) is 5.26. The molecule has 0 radical (unpaired) electrons. The summed E-state index contributed by atoms with van der Waals surface area (Å²) in [6.45, 7) is 0. The van der Waals surface area contributed by atoms with E-state index < -0.39 is 5.60 Å². The number of carbonyl (C=O) groups excluding carboxylic acids is 2. The molecule has 1 heterocycles. The molecule has 1 spiro atoms. The van der Waals surface area contributed by atoms with Gasteiger partial charge in [0.2, 0.25) is 5.91 Å². The quantitative estimate of drug-likeness (QED) is 0.633. The van der Waals surface area contributed by atoms with E-state index in [1.54, 1.807) is 19.0 Å². The van der Waals surface area contributed by atoms with Gasteiger partial charge >= 0.3 is 5.97 Å². The minimum atomic E-state index is -0.476. The maximum Gasteiger partial charge on any atom is 0.307 e. The standard InChI is InChI=1S/C12H19NO3/c1-13(2)11(15)9-8-10(14)16-12(9)6-4-3-5-7-12/h9H,3-8H2,1-2H3/t9-/m1/s1. The molecule has 1 saturated heterocycles. The molecule has 1 amide bonds. The zero-order chi connectivity index (χ0) is 11.8. The van der Waals surface area contributed by atoms with Gasteiger partial charge in [0.1, 0.15) is 5.60 Å². The molecular weight excluding hydrogens is 206 g/mol. The highest BCUT2D eigenvalue weighted by atomic mass is 16.6. The molecule has 0 unspecified atom stereocenters. The average Bonchev–Trinajstić information content (AvgIpc) is 2.55. The van der Waals surface area contributed by atoms with Gasteiger partial charge in [0.05, 0.1) is 12.3 Å². The zero-order valence-corrected chi connectivity index (χ0v) is 9.99. The summed E-state index contributed by atoms with van der Waals surface area (Å²) in [6, 6.07) is 0. The molecule has 0 N–H and O–H groups in total. The molecule has 0 aromatic heterocycles. The molecule has 4 nitrogen and oxygen atoms in total. The van der Waals surface area contributed by atoms with Crippen molar-refractivity contribution in [2.75, 3.05) is 14.1 Å². The lowest BCUT2D eigenvalue weighted by molar-refractivity contribution is -0.155. The second-order valence-electron chi connectivity index (χ2n) is 5.09. The van der Waals surface area contributed by atoms with Gasteiger partial charge in [-0.2, -0.15) is 0 Å². The Morgan fingerprint density at radius 3 is 2.50 bits per heavy atom. The third-order valence-electron chi connectivity index (χ3n) is 3.76. The van der Waals surface area contributed by atoms with Crippen molar-refractivity contribution in [1.82, 2.24) is 4.90 Å². The Kier molecular flexibility index (Phi) is 2.91. The van der Waals surface area contributed by atoms with Crippen LogP contribution in [0.15, 0.2) is 0 Å². The average molecular weight is 225 g/mol. The second-order valence-corrected chi connectivity index (χ2v) is 5.09. The Labute approximate surface area is 95.9 Å². The molecular formula is C12H19NO3. The smallest absolute Gasteiger partial charge is 0.307 e. The Bertz CT molecular complexity index is 305. The van der Waals surface area contributed by atoms with Crippen LogP contribution in [-0.4, -0.2) is 36.5 Å². The first kappa shape index (κ1) is 11.4. The largest absolute Gasteiger partial charge is 0.458 e. The summed E-state index contributed by atoms with van der Waals surface area (Å²) < 4.78 is 5.49. The van der Waals surface area contributed by atoms with E-state index in [4.69, 9.17) is 4.74 Å². The van der Waals surface area contributed by atoms with Crippen LogP contribution >= 0.6 is 0 Å². The lowest BCUT2D eigenvalue weighted by Gasteiger charge is -2.36. The molecule has 1 aliphatic heterocycles. The number of carbonyl (C=O) groups is 2. The van der Waals surface area contributed by atoms with E-state index in [0.717, 1.165) is 25.7 Å². The maximum absolute atomic E-state index is 12.1. The number of hydrogen-bond acceptors (Lipinski definition) is 3. The highest BCUT2D eigenvalue weighted by molar-refractivity contribution is 5.87. The number of hydrogen-bond donors (Lipinski definition) is 0. The molecule has 1 saturated carbocycles. The Hall–Kier alpha value is -1.06. The fourth-order valence-electron chi connectivity index (χ4n) is 2.92. The second kappa shape index (κ2) is 4.07. The van der Waals surface area contributed by atoms with Gasteiger partial charge in [-0.1, -0.05) is 6.42 Å². The van der Waals surface area contributed by atoms with Crippen LogP contribution in [0.25, 0.3) is 0 Å². The van der Waals surface area contributed by atoms with Gasteiger partial charge in [-0.3, -0.25) is 9.59 Å². The summed E-state index contributed by atoms with van der Waals surface area (Å²) in [5, 5.41) is 0. The molecule has 2 aliphatic rings. The lowest BCUT2D eigenvalue weighted by Crippen LogP contribution is -2.45. The first-order chi connectivity index (χ1) is 7.55. The van der Waals surface area contributed by atoms with E-state index in [-0.39, 0.29) is 24.2 Å². The molecule has 1 aliphatic carbocycles. The van der Waals surface area contributed by atoms with Gasteiger partial charge in [0.25, 0.3) is 0 Å². The number of amides is 1. The number of rotatable bonds is 1. The Morgan fingerprint density at radius 1 is 1.31 bits per heavy atom. The topological polar surface area (TPSA) is 46.6 Å². The van der Waals surface area contributed by atoms with Gasteiger partial charge in [-0.15, -0.1) is 0 Å². The van der Waals surface area contributed by atoms with E-state index in [1.165, 1.54) is 6.42 Å². The number of nitrogens with zero attached hydrogens (tertiary/aromatic N) is 1. The molecule has 2 fully saturated rings. The van der Waals surface area contributed by atoms with E-state index in [2.05, 4.69) is 0 Å². The molecule has 0 bridgehead atoms. The normalized spacial score (nSPS) is 27.9. The predicted octanol–water partition coefficient (Wildman–Crippen LogP) is 1.34. The Balaban J connectivity index is 2.21. The summed E-state index contributed by atoms with van der Waals surface area (Å²) in [7, 11) is 3.48. The van der Waals surface area contributed by atoms with E-state index in [1.807, 2.05) is 0 Å². The summed E-state index contributed by atoms with van der Waals surface area (Å²) in [5.41, 5.74) is -0.476. The number of ether oxygens (including phenoxy) is 1. The van der Waals surface area contributed by atoms with Crippen molar-refractivity contribution in [3.63, 3.8) is 0 Å². The molecule has 90 valence electrons. The van der Waals surface area contributed by atoms with E-state index in [0.29, 0.717) is 0 Å². The van der Waals surface area contributed by atoms with Crippen LogP contribution in [0.1, 0.15) is 38.5 Å². The molecule has 0 aromatic rings. The summed E-state index contributed by atoms with van der Waals surface area (Å²) in [4.78, 5) is 25.1. The molecule has 16 heavy (non-hydrogen) atoms. The van der Waals surface area contributed by atoms with Crippen LogP contribution in [0.3, 0.4) is 0 Å². The monoisotopic (exact) mass is 225 g/mol. The van der Waals surface area contributed by atoms with Crippen LogP contribution < -0.4 is 0 Å². The highest BCUT2D eigenvalue weighted by Gasteiger charge is 2.53. The van der Waals surface area contributed by atoms with Crippen molar-refractivity contribution in [3.8, 4) is 0 Å². The maximum atomic E-state index is 12.1. The van der Waals surface area contributed by atoms with Crippen molar-refractivity contribution in [3.05, 3.63) is 0 Å². The van der Waals surface area contributed by atoms with Crippen molar-refractivity contribution < 1.29 is 14.3 Å². The van der Waals surface area contributed by atoms with Crippen molar-refractivity contribution in [2.45, 2.75) is 44.1 Å². The summed E-state index contributed by atoms with van der Waals surface area (Å²) in [5.74, 6) is -0.426. The fourth-order valence-corrected chi connectivity index (χ4v) is 2.92. The van der Waals surface area contributed by atoms with Crippen LogP contribution in [0.2, 0.25) is 0 Å². The predicted molar refractivity (Wildman–Crippen MR) is 58.7 cm³/mol. The molecule has 2 rings (SSSR count). The third-order valence-corrected chi connectivity index (χ3v) is 3.76. The van der Waals surface area contributed by atoms with E-state index in [9.17, 15) is 9.59 Å². The van der Waals surface area contributed by atoms with Crippen LogP contribution in [0.4, 0.5) is 0 Å². The summed E-state index contributed by atoms with van der Waals surface area (Å²) >= 11 is 0. The molecule has 0 aromatic carbocycles. The first-order valence-electron chi connectivity index (χ1n) is 5.98. The van der Waals surface area contributed by atoms with Gasteiger partial charge in [0, 0.05) is 14.1 Å². The van der Waals surface area contributed by atoms with Crippen molar-refractivity contribution in [2.24, 2.45) is 5.92 Å². The van der Waals surface area contributed by atoms with Gasteiger partial charge < -0.3 is 9.64 Å². The van der Waals surface area contributed by atoms with Crippen LogP contribution in [0, 0.1) is 5.92 Å². The van der Waals surface area contributed by atoms with Crippen LogP contribution in [0.5, 0.6) is 0 Å². The molecule has 4 heteroatoms. The Morgan fingerprint density at radius 2 is 1.94 bits per heavy atom. The zero-order valence-electron chi connectivity index (χ0n) is 9.99. The minimum absolute atomic E-state index is 0.0350. The van der Waals surface area contributed by atoms with Gasteiger partial charge in [0.15, 0.2) is 0 Å². The van der Waals surface area contributed by atoms with E-state index >= 15 is 0 Å². The highest BCUT2D eigenvalue weighted by Crippen LogP contribution is 2.44. The lowest BCUT2D eigenvalue weighted by atomic mass is 9.75. The van der Waals surface area contributed by atoms with Crippen molar-refractivity contribution >= 4 is 11.9 Å². The third kappa shape index (κ3) is 1.81. The van der Waals surface area contributed by atoms with Crippen LogP contribution in [-0.2, 0) is 14.3 Å². The van der Waals surface area contributed by atoms with Gasteiger partial charge in [-0.25, -0.2) is 0 Å². The molecule has 1 atom stereocenters. The SMILES string of the molecule is CN(C)C(=O)[C@H]1CC(=O)OC12CCCCC2. The number of esters is 1. The van der Waals surface area contributed by atoms with Crippen molar-refractivity contribution in [1.29, 1.82) is 0 Å². The van der Waals surface area contributed by atoms with Gasteiger partial charge in [-0.05, 0) is 25.7 Å². The minimum Gasteiger partial charge on any atom is -0.458 e.